The Balaban J connectivity index is 2.07. The van der Waals surface area contributed by atoms with Gasteiger partial charge in [-0.05, 0) is 77.7 Å². The maximum Gasteiger partial charge on any atom is 0.123 e. The summed E-state index contributed by atoms with van der Waals surface area (Å²) < 4.78 is 32.7. The number of benzene rings is 3. The lowest BCUT2D eigenvalue weighted by atomic mass is 9.88. The van der Waals surface area contributed by atoms with Gasteiger partial charge in [0.1, 0.15) is 24.0 Å². The van der Waals surface area contributed by atoms with Crippen molar-refractivity contribution in [2.75, 3.05) is 20.2 Å². The molecule has 0 aromatic heterocycles. The molecule has 0 aliphatic rings. The lowest BCUT2D eigenvalue weighted by Crippen LogP contribution is -2.15. The standard InChI is InChI=1S/C25H25F2NO/c1-3-24(18-4-10-21(26)11-5-18)25(19-6-12-22(27)13-7-19)20-8-14-23(15-9-20)29-17-16-28-2/h4-15,28H,3,16-17H2,1-2H3/b25-24-. The van der Waals surface area contributed by atoms with Gasteiger partial charge in [0.25, 0.3) is 0 Å². The molecule has 0 heterocycles. The molecule has 0 spiro atoms. The highest BCUT2D eigenvalue weighted by Gasteiger charge is 2.13. The average molecular weight is 393 g/mol. The van der Waals surface area contributed by atoms with Crippen molar-refractivity contribution in [3.05, 3.63) is 101 Å². The minimum Gasteiger partial charge on any atom is -0.492 e. The van der Waals surface area contributed by atoms with E-state index in [0.29, 0.717) is 6.61 Å². The number of hydrogen-bond donors (Lipinski definition) is 1. The molecule has 0 saturated heterocycles. The van der Waals surface area contributed by atoms with Gasteiger partial charge in [0.2, 0.25) is 0 Å². The van der Waals surface area contributed by atoms with E-state index in [2.05, 4.69) is 12.2 Å². The van der Waals surface area contributed by atoms with Gasteiger partial charge in [0.15, 0.2) is 0 Å². The Bertz CT molecular complexity index is 946. The Morgan fingerprint density at radius 2 is 1.24 bits per heavy atom. The van der Waals surface area contributed by atoms with Crippen LogP contribution in [-0.4, -0.2) is 20.2 Å². The first-order valence-electron chi connectivity index (χ1n) is 9.75. The van der Waals surface area contributed by atoms with Gasteiger partial charge in [-0.3, -0.25) is 0 Å². The molecule has 0 aliphatic carbocycles. The molecule has 0 radical (unpaired) electrons. The molecule has 3 rings (SSSR count). The van der Waals surface area contributed by atoms with Crippen LogP contribution >= 0.6 is 0 Å². The summed E-state index contributed by atoms with van der Waals surface area (Å²) in [5, 5.41) is 3.05. The Morgan fingerprint density at radius 1 is 0.759 bits per heavy atom. The fraction of sp³-hybridized carbons (Fsp3) is 0.200. The number of halogens is 2. The molecule has 0 amide bonds. The van der Waals surface area contributed by atoms with E-state index >= 15 is 0 Å². The van der Waals surface area contributed by atoms with Crippen LogP contribution in [0, 0.1) is 11.6 Å². The van der Waals surface area contributed by atoms with Crippen molar-refractivity contribution >= 4 is 11.1 Å². The van der Waals surface area contributed by atoms with Crippen LogP contribution in [0.3, 0.4) is 0 Å². The third-order valence-electron chi connectivity index (χ3n) is 4.74. The maximum absolute atomic E-state index is 13.5. The third kappa shape index (κ3) is 5.30. The van der Waals surface area contributed by atoms with Crippen molar-refractivity contribution in [3.8, 4) is 5.75 Å². The van der Waals surface area contributed by atoms with Crippen LogP contribution < -0.4 is 10.1 Å². The van der Waals surface area contributed by atoms with Crippen LogP contribution in [0.4, 0.5) is 8.78 Å². The number of rotatable bonds is 8. The van der Waals surface area contributed by atoms with Gasteiger partial charge < -0.3 is 10.1 Å². The van der Waals surface area contributed by atoms with E-state index in [9.17, 15) is 8.78 Å². The molecule has 0 fully saturated rings. The van der Waals surface area contributed by atoms with Gasteiger partial charge in [-0.2, -0.15) is 0 Å². The van der Waals surface area contributed by atoms with Gasteiger partial charge in [0.05, 0.1) is 0 Å². The molecule has 0 unspecified atom stereocenters. The van der Waals surface area contributed by atoms with E-state index in [1.165, 1.54) is 24.3 Å². The molecule has 0 aliphatic heterocycles. The van der Waals surface area contributed by atoms with Crippen molar-refractivity contribution in [3.63, 3.8) is 0 Å². The highest BCUT2D eigenvalue weighted by molar-refractivity contribution is 5.98. The zero-order valence-corrected chi connectivity index (χ0v) is 16.7. The first-order chi connectivity index (χ1) is 14.1. The number of allylic oxidation sites excluding steroid dienone is 1. The molecule has 0 bridgehead atoms. The normalized spacial score (nSPS) is 11.9. The highest BCUT2D eigenvalue weighted by atomic mass is 19.1. The summed E-state index contributed by atoms with van der Waals surface area (Å²) in [5.74, 6) is 0.249. The molecular formula is C25H25F2NO. The third-order valence-corrected chi connectivity index (χ3v) is 4.74. The summed E-state index contributed by atoms with van der Waals surface area (Å²) in [6.45, 7) is 3.43. The highest BCUT2D eigenvalue weighted by Crippen LogP contribution is 2.35. The van der Waals surface area contributed by atoms with E-state index in [0.717, 1.165) is 46.6 Å². The molecule has 150 valence electrons. The molecule has 3 aromatic carbocycles. The lowest BCUT2D eigenvalue weighted by Gasteiger charge is -2.17. The van der Waals surface area contributed by atoms with Crippen molar-refractivity contribution < 1.29 is 13.5 Å². The van der Waals surface area contributed by atoms with E-state index < -0.39 is 0 Å². The average Bonchev–Trinajstić information content (AvgIpc) is 2.75. The Morgan fingerprint density at radius 3 is 1.72 bits per heavy atom. The summed E-state index contributed by atoms with van der Waals surface area (Å²) in [5.41, 5.74) is 4.93. The maximum atomic E-state index is 13.5. The van der Waals surface area contributed by atoms with E-state index in [1.807, 2.05) is 31.3 Å². The van der Waals surface area contributed by atoms with Crippen LogP contribution in [0.25, 0.3) is 11.1 Å². The summed E-state index contributed by atoms with van der Waals surface area (Å²) in [6, 6.07) is 20.9. The number of nitrogens with one attached hydrogen (secondary N) is 1. The Kier molecular flexibility index (Phi) is 7.14. The molecule has 0 atom stereocenters. The minimum atomic E-state index is -0.277. The second-order valence-electron chi connectivity index (χ2n) is 6.70. The largest absolute Gasteiger partial charge is 0.492 e. The summed E-state index contributed by atoms with van der Waals surface area (Å²) in [6.07, 6.45) is 0.749. The van der Waals surface area contributed by atoms with Crippen molar-refractivity contribution in [1.29, 1.82) is 0 Å². The summed E-state index contributed by atoms with van der Waals surface area (Å²) in [4.78, 5) is 0. The van der Waals surface area contributed by atoms with Crippen LogP contribution in [0.5, 0.6) is 5.75 Å². The smallest absolute Gasteiger partial charge is 0.123 e. The quantitative estimate of drug-likeness (QED) is 0.378. The molecule has 29 heavy (non-hydrogen) atoms. The zero-order chi connectivity index (χ0) is 20.6. The minimum absolute atomic E-state index is 0.268. The van der Waals surface area contributed by atoms with E-state index in [-0.39, 0.29) is 11.6 Å². The second-order valence-corrected chi connectivity index (χ2v) is 6.70. The van der Waals surface area contributed by atoms with Gasteiger partial charge in [-0.15, -0.1) is 0 Å². The zero-order valence-electron chi connectivity index (χ0n) is 16.7. The van der Waals surface area contributed by atoms with Crippen LogP contribution in [0.15, 0.2) is 72.8 Å². The second kappa shape index (κ2) is 9.99. The van der Waals surface area contributed by atoms with Gasteiger partial charge in [-0.25, -0.2) is 8.78 Å². The predicted molar refractivity (Wildman–Crippen MR) is 115 cm³/mol. The first kappa shape index (κ1) is 20.7. The number of ether oxygens (including phenoxy) is 1. The molecule has 1 N–H and O–H groups in total. The van der Waals surface area contributed by atoms with E-state index in [1.54, 1.807) is 24.3 Å². The lowest BCUT2D eigenvalue weighted by molar-refractivity contribution is 0.318. The monoisotopic (exact) mass is 393 g/mol. The van der Waals surface area contributed by atoms with Gasteiger partial charge in [-0.1, -0.05) is 43.3 Å². The summed E-state index contributed by atoms with van der Waals surface area (Å²) >= 11 is 0. The molecule has 4 heteroatoms. The fourth-order valence-corrected chi connectivity index (χ4v) is 3.30. The van der Waals surface area contributed by atoms with Crippen molar-refractivity contribution in [2.24, 2.45) is 0 Å². The van der Waals surface area contributed by atoms with Crippen molar-refractivity contribution in [2.45, 2.75) is 13.3 Å². The molecule has 2 nitrogen and oxygen atoms in total. The summed E-state index contributed by atoms with van der Waals surface area (Å²) in [7, 11) is 1.88. The van der Waals surface area contributed by atoms with Gasteiger partial charge >= 0.3 is 0 Å². The topological polar surface area (TPSA) is 21.3 Å². The fourth-order valence-electron chi connectivity index (χ4n) is 3.30. The molecule has 0 saturated carbocycles. The Hall–Kier alpha value is -2.98. The van der Waals surface area contributed by atoms with E-state index in [4.69, 9.17) is 4.74 Å². The predicted octanol–water partition coefficient (Wildman–Crippen LogP) is 5.93. The number of hydrogen-bond acceptors (Lipinski definition) is 2. The first-order valence-corrected chi connectivity index (χ1v) is 9.75. The molecular weight excluding hydrogens is 368 g/mol. The Labute approximate surface area is 170 Å². The van der Waals surface area contributed by atoms with Crippen LogP contribution in [0.1, 0.15) is 30.0 Å². The van der Waals surface area contributed by atoms with Crippen LogP contribution in [0.2, 0.25) is 0 Å². The van der Waals surface area contributed by atoms with Crippen molar-refractivity contribution in [1.82, 2.24) is 5.32 Å². The SMILES string of the molecule is CC/C(=C(\c1ccc(F)cc1)c1ccc(OCCNC)cc1)c1ccc(F)cc1. The number of likely N-dealkylation sites (N-methyl/N-ethyl adjacent to an activating group) is 1. The molecule has 3 aromatic rings. The van der Waals surface area contributed by atoms with Crippen LogP contribution in [-0.2, 0) is 0 Å². The van der Waals surface area contributed by atoms with Gasteiger partial charge in [0, 0.05) is 6.54 Å².